The summed E-state index contributed by atoms with van der Waals surface area (Å²) in [6.07, 6.45) is 21.6. The molecule has 0 spiro atoms. The number of carbonyl (C=O) groups is 8. The Kier molecular flexibility index (Phi) is 34.8. The summed E-state index contributed by atoms with van der Waals surface area (Å²) in [5.41, 5.74) is 4.97. The molecule has 4 aromatic heterocycles. The first-order valence-corrected chi connectivity index (χ1v) is 50.8. The van der Waals surface area contributed by atoms with Gasteiger partial charge in [0, 0.05) is 137 Å². The van der Waals surface area contributed by atoms with Gasteiger partial charge in [0.25, 0.3) is 17.0 Å². The largest absolute Gasteiger partial charge is 0.443 e. The second kappa shape index (κ2) is 45.9. The van der Waals surface area contributed by atoms with Crippen molar-refractivity contribution < 1.29 is 52.6 Å². The van der Waals surface area contributed by atoms with Crippen molar-refractivity contribution in [3.63, 3.8) is 0 Å². The molecular formula is C107H154N16O13. The number of piperazine rings is 2. The molecule has 4 aromatic carbocycles. The van der Waals surface area contributed by atoms with Crippen molar-refractivity contribution in [2.24, 2.45) is 21.7 Å². The molecule has 136 heavy (non-hydrogen) atoms. The zero-order valence-electron chi connectivity index (χ0n) is 84.3. The fraction of sp³-hybridized carbons (Fsp3) is 0.626. The Morgan fingerprint density at radius 3 is 1.21 bits per heavy atom. The minimum atomic E-state index is -0.816. The molecule has 10 heterocycles. The third-order valence-electron chi connectivity index (χ3n) is 30.1. The van der Waals surface area contributed by atoms with Gasteiger partial charge in [-0.2, -0.15) is 14.9 Å². The first kappa shape index (κ1) is 103. The van der Waals surface area contributed by atoms with E-state index in [1.54, 1.807) is 34.5 Å². The Hall–Kier alpha value is -10.4. The minimum absolute atomic E-state index is 0.000658. The molecule has 6 aliphatic rings. The summed E-state index contributed by atoms with van der Waals surface area (Å²) in [7, 11) is 4.34. The lowest BCUT2D eigenvalue weighted by Gasteiger charge is -2.43. The number of aryl methyl sites for hydroxylation is 2. The number of piperidine rings is 4. The number of amides is 6. The van der Waals surface area contributed by atoms with Crippen LogP contribution in [-0.2, 0) is 71.2 Å². The number of para-hydroxylation sites is 2. The number of aromatic nitrogens is 6. The van der Waals surface area contributed by atoms with E-state index in [2.05, 4.69) is 77.1 Å². The third kappa shape index (κ3) is 25.2. The minimum Gasteiger partial charge on any atom is -0.443 e. The first-order valence-electron chi connectivity index (χ1n) is 50.8. The lowest BCUT2D eigenvalue weighted by molar-refractivity contribution is -0.159. The van der Waals surface area contributed by atoms with E-state index in [4.69, 9.17) is 19.3 Å². The number of unbranched alkanes of at least 4 members (excludes halogenated alkanes) is 4. The van der Waals surface area contributed by atoms with Crippen molar-refractivity contribution in [1.82, 2.24) is 78.5 Å². The molecule has 2 N–H and O–H groups in total. The predicted octanol–water partition coefficient (Wildman–Crippen LogP) is 15.8. The van der Waals surface area contributed by atoms with Crippen LogP contribution in [0.5, 0.6) is 0 Å². The number of rotatable bonds is 34. The van der Waals surface area contributed by atoms with Gasteiger partial charge in [-0.15, -0.1) is 0 Å². The Morgan fingerprint density at radius 2 is 0.801 bits per heavy atom. The molecule has 2 atom stereocenters. The van der Waals surface area contributed by atoms with Gasteiger partial charge in [-0.25, -0.2) is 14.3 Å². The maximum atomic E-state index is 14.6. The first-order chi connectivity index (χ1) is 65.0. The van der Waals surface area contributed by atoms with Crippen molar-refractivity contribution in [3.8, 4) is 0 Å². The molecule has 740 valence electrons. The number of nitrogens with zero attached hydrogens (tertiary/aromatic N) is 14. The quantitative estimate of drug-likeness (QED) is 0.0280. The van der Waals surface area contributed by atoms with Gasteiger partial charge in [-0.05, 0) is 254 Å². The number of likely N-dealkylation sites (tertiary alicyclic amines) is 4. The molecule has 29 heteroatoms. The third-order valence-corrected chi connectivity index (χ3v) is 30.1. The van der Waals surface area contributed by atoms with Crippen LogP contribution in [0.25, 0.3) is 43.6 Å². The predicted molar refractivity (Wildman–Crippen MR) is 534 cm³/mol. The highest BCUT2D eigenvalue weighted by Crippen LogP contribution is 2.36. The molecule has 6 aliphatic heterocycles. The van der Waals surface area contributed by atoms with E-state index in [0.29, 0.717) is 125 Å². The summed E-state index contributed by atoms with van der Waals surface area (Å²) in [6, 6.07) is 26.1. The van der Waals surface area contributed by atoms with Crippen molar-refractivity contribution in [3.05, 3.63) is 151 Å². The summed E-state index contributed by atoms with van der Waals surface area (Å²) in [5, 5.41) is 19.1. The van der Waals surface area contributed by atoms with E-state index >= 15 is 0 Å². The van der Waals surface area contributed by atoms with Gasteiger partial charge in [0.1, 0.15) is 12.1 Å². The Labute approximate surface area is 804 Å². The van der Waals surface area contributed by atoms with E-state index < -0.39 is 33.7 Å². The maximum absolute atomic E-state index is 14.6. The Balaban J connectivity index is 0.000000230. The monoisotopic (exact) mass is 1870 g/mol. The van der Waals surface area contributed by atoms with Gasteiger partial charge < -0.3 is 54.2 Å². The molecule has 0 radical (unpaired) electrons. The summed E-state index contributed by atoms with van der Waals surface area (Å²) in [4.78, 5) is 157. The highest BCUT2D eigenvalue weighted by Gasteiger charge is 2.41. The van der Waals surface area contributed by atoms with Crippen LogP contribution in [-0.4, -0.2) is 259 Å². The van der Waals surface area contributed by atoms with Gasteiger partial charge >= 0.3 is 30.0 Å². The van der Waals surface area contributed by atoms with Gasteiger partial charge in [0.05, 0.1) is 44.5 Å². The van der Waals surface area contributed by atoms with Crippen LogP contribution in [0.3, 0.4) is 0 Å². The number of urea groups is 2. The van der Waals surface area contributed by atoms with Gasteiger partial charge in [0.15, 0.2) is 20.2 Å². The van der Waals surface area contributed by atoms with Crippen LogP contribution in [0, 0.1) is 35.5 Å². The van der Waals surface area contributed by atoms with E-state index in [1.165, 1.54) is 0 Å². The van der Waals surface area contributed by atoms with Crippen molar-refractivity contribution in [2.45, 2.75) is 294 Å². The van der Waals surface area contributed by atoms with Gasteiger partial charge in [0.2, 0.25) is 11.8 Å². The second-order valence-electron chi connectivity index (χ2n) is 42.4. The molecule has 6 saturated heterocycles. The highest BCUT2D eigenvalue weighted by atomic mass is 16.6. The van der Waals surface area contributed by atoms with Crippen molar-refractivity contribution in [2.75, 3.05) is 119 Å². The van der Waals surface area contributed by atoms with Crippen LogP contribution in [0.2, 0.25) is 0 Å². The van der Waals surface area contributed by atoms with Crippen molar-refractivity contribution >= 4 is 91.3 Å². The molecule has 29 nitrogen and oxygen atoms in total. The molecule has 0 unspecified atom stereocenters. The maximum Gasteiger partial charge on any atom is 0.318 e. The van der Waals surface area contributed by atoms with Crippen LogP contribution >= 0.6 is 0 Å². The molecule has 14 rings (SSSR count). The number of pyridine rings is 2. The zero-order valence-corrected chi connectivity index (χ0v) is 84.3. The number of hydrogen-bond donors (Lipinski definition) is 2. The normalized spacial score (nSPS) is 17.7. The van der Waals surface area contributed by atoms with Crippen LogP contribution in [0.4, 0.5) is 9.59 Å². The van der Waals surface area contributed by atoms with Crippen LogP contribution in [0.1, 0.15) is 262 Å². The van der Waals surface area contributed by atoms with Crippen LogP contribution in [0.15, 0.2) is 107 Å². The van der Waals surface area contributed by atoms with Gasteiger partial charge in [-0.1, -0.05) is 141 Å². The molecule has 0 aliphatic carbocycles. The number of carbonyl (C=O) groups excluding carboxylic acids is 8. The summed E-state index contributed by atoms with van der Waals surface area (Å²) < 4.78 is 23.7. The molecule has 8 aromatic rings. The smallest absolute Gasteiger partial charge is 0.318 e. The molecule has 6 fully saturated rings. The Morgan fingerprint density at radius 1 is 0.426 bits per heavy atom. The number of fused-ring (bicyclic) bond motifs is 4. The van der Waals surface area contributed by atoms with E-state index in [0.717, 1.165) is 197 Å². The SMILES string of the molecule is CCCCC(C)(C)C(=O)OCn1c(=O)c(C2CCN(C(=O)N[C@H](Cc3cc(C)c4c(cnn4C(=O)C(C)(C)CCCC)c3)C(=O)N3CCN(C4CCN(C)CC4)CC3)CC2)cc2ccccc21.CCCCC(C)(C)C(=O)OCn1cc2cc(C[C@@H](NC(=O)N3CCC(c4cc5ccccc5n(COC(=O)C(C)(C)CCCC)c4=O)CC3)C(=O)N3CCN(C4CCN(C)CC4)CC3)cc(C)c2n1. The fourth-order valence-electron chi connectivity index (χ4n) is 20.9. The number of nitrogens with one attached hydrogen (secondary N) is 2. The number of ether oxygens (including phenoxy) is 3. The Bertz CT molecular complexity index is 5620. The highest BCUT2D eigenvalue weighted by molar-refractivity contribution is 5.96. The summed E-state index contributed by atoms with van der Waals surface area (Å²) in [5.74, 6) is -1.36. The second-order valence-corrected chi connectivity index (χ2v) is 42.4. The molecular weight excluding hydrogens is 1720 g/mol. The fourth-order valence-corrected chi connectivity index (χ4v) is 20.9. The van der Waals surface area contributed by atoms with E-state index in [1.807, 2.05) is 170 Å². The lowest BCUT2D eigenvalue weighted by Crippen LogP contribution is -2.59. The molecule has 0 saturated carbocycles. The average Bonchev–Trinajstić information content (AvgIpc) is 1.57. The molecule has 0 bridgehead atoms. The van der Waals surface area contributed by atoms with E-state index in [9.17, 15) is 47.9 Å². The topological polar surface area (TPSA) is 294 Å². The standard InChI is InChI=1S/C54H78N8O7.C53H76N8O6/c1-9-11-21-53(4,5)50(65)68-36-61-35-42-32-39(31-38(3)47(42)56-61)33-45(49(64)59-29-27-58(28-30-59)43-19-23-57(8)24-20-43)55-52(67)60-25-17-40(18-26-60)44-34-41-15-13-14-16-46(41)62(48(44)63)37-69-51(66)54(6,7)22-12-10-2;1-9-11-21-52(4,5)49(64)61-46-37(3)31-38(32-41(46)35-54-61)33-44(48(63)58-29-27-57(28-30-58)42-19-23-56(8)24-20-42)55-51(66)59-25-17-39(18-26-59)43-34-40-15-13-14-16-45(40)60(47(43)62)36-67-50(65)53(6,7)22-12-10-2/h13-16,31-32,34-35,40,43,45H,9-12,17-30,33,36-37H2,1-8H3,(H,55,67);13-16,31-32,34-35,39,42,44H,9-12,17-30,33,36H2,1-8H3,(H,55,66)/t45-;44-/m11/s1. The zero-order chi connectivity index (χ0) is 97.5. The van der Waals surface area contributed by atoms with E-state index in [-0.39, 0.29) is 104 Å². The van der Waals surface area contributed by atoms with Gasteiger partial charge in [-0.3, -0.25) is 57.3 Å². The number of esters is 3. The number of benzene rings is 4. The lowest BCUT2D eigenvalue weighted by atomic mass is 9.86. The van der Waals surface area contributed by atoms with Crippen molar-refractivity contribution in [1.29, 1.82) is 0 Å². The van der Waals surface area contributed by atoms with Crippen LogP contribution < -0.4 is 21.8 Å². The summed E-state index contributed by atoms with van der Waals surface area (Å²) in [6.45, 7) is 38.9. The number of hydrogen-bond acceptors (Lipinski definition) is 19. The average molecular weight is 1870 g/mol. The molecule has 6 amide bonds. The summed E-state index contributed by atoms with van der Waals surface area (Å²) >= 11 is 0.